The van der Waals surface area contributed by atoms with Crippen molar-refractivity contribution in [2.24, 2.45) is 5.41 Å². The van der Waals surface area contributed by atoms with Crippen molar-refractivity contribution in [2.45, 2.75) is 52.0 Å². The van der Waals surface area contributed by atoms with Crippen molar-refractivity contribution >= 4 is 11.7 Å². The van der Waals surface area contributed by atoms with Gasteiger partial charge >= 0.3 is 5.97 Å². The van der Waals surface area contributed by atoms with E-state index in [1.165, 1.54) is 6.07 Å². The molecule has 1 atom stereocenters. The fourth-order valence-corrected chi connectivity index (χ4v) is 3.28. The Morgan fingerprint density at radius 2 is 2.05 bits per heavy atom. The standard InChI is InChI=1S/C17H24FNO2/c1-4-21-15(20)17(11-7-10-16(2,3)12-17)19-14-9-6-5-8-13(14)18/h5-6,8-9,19H,4,7,10-12H2,1-3H3. The number of benzene rings is 1. The number of hydrogen-bond donors (Lipinski definition) is 1. The predicted octanol–water partition coefficient (Wildman–Crippen LogP) is 4.14. The number of ether oxygens (including phenoxy) is 1. The third-order valence-electron chi connectivity index (χ3n) is 4.15. The number of nitrogens with one attached hydrogen (secondary N) is 1. The molecule has 1 N–H and O–H groups in total. The summed E-state index contributed by atoms with van der Waals surface area (Å²) in [5.74, 6) is -0.620. The molecule has 1 aromatic rings. The van der Waals surface area contributed by atoms with Gasteiger partial charge in [0, 0.05) is 0 Å². The van der Waals surface area contributed by atoms with Crippen molar-refractivity contribution < 1.29 is 13.9 Å². The highest BCUT2D eigenvalue weighted by atomic mass is 19.1. The molecule has 0 amide bonds. The third kappa shape index (κ3) is 3.55. The summed E-state index contributed by atoms with van der Waals surface area (Å²) in [4.78, 5) is 12.5. The van der Waals surface area contributed by atoms with Crippen molar-refractivity contribution in [2.75, 3.05) is 11.9 Å². The Kier molecular flexibility index (Phi) is 4.55. The first-order chi connectivity index (χ1) is 9.88. The highest BCUT2D eigenvalue weighted by Crippen LogP contribution is 2.43. The first-order valence-electron chi connectivity index (χ1n) is 7.58. The normalized spacial score (nSPS) is 24.4. The van der Waals surface area contributed by atoms with Crippen LogP contribution in [0.2, 0.25) is 0 Å². The van der Waals surface area contributed by atoms with Crippen LogP contribution in [0.15, 0.2) is 24.3 Å². The lowest BCUT2D eigenvalue weighted by Gasteiger charge is -2.44. The molecule has 0 heterocycles. The van der Waals surface area contributed by atoms with Crippen LogP contribution in [0.4, 0.5) is 10.1 Å². The van der Waals surface area contributed by atoms with E-state index in [0.29, 0.717) is 25.1 Å². The maximum atomic E-state index is 13.9. The van der Waals surface area contributed by atoms with E-state index in [-0.39, 0.29) is 17.2 Å². The quantitative estimate of drug-likeness (QED) is 0.848. The number of esters is 1. The molecule has 1 fully saturated rings. The third-order valence-corrected chi connectivity index (χ3v) is 4.15. The second-order valence-electron chi connectivity index (χ2n) is 6.60. The van der Waals surface area contributed by atoms with Crippen LogP contribution in [0.5, 0.6) is 0 Å². The molecular formula is C17H24FNO2. The summed E-state index contributed by atoms with van der Waals surface area (Å²) in [7, 11) is 0. The van der Waals surface area contributed by atoms with Crippen LogP contribution < -0.4 is 5.32 Å². The van der Waals surface area contributed by atoms with Gasteiger partial charge in [0.15, 0.2) is 0 Å². The number of para-hydroxylation sites is 1. The summed E-state index contributed by atoms with van der Waals surface area (Å²) < 4.78 is 19.2. The van der Waals surface area contributed by atoms with E-state index in [4.69, 9.17) is 4.74 Å². The molecule has 1 unspecified atom stereocenters. The SMILES string of the molecule is CCOC(=O)C1(Nc2ccccc2F)CCCC(C)(C)C1. The average Bonchev–Trinajstić information content (AvgIpc) is 2.40. The molecule has 21 heavy (non-hydrogen) atoms. The number of rotatable bonds is 4. The van der Waals surface area contributed by atoms with Crippen molar-refractivity contribution in [3.8, 4) is 0 Å². The van der Waals surface area contributed by atoms with Gasteiger partial charge in [-0.1, -0.05) is 26.0 Å². The zero-order valence-electron chi connectivity index (χ0n) is 13.0. The lowest BCUT2D eigenvalue weighted by molar-refractivity contribution is -0.151. The van der Waals surface area contributed by atoms with Crippen molar-refractivity contribution in [1.29, 1.82) is 0 Å². The molecule has 0 spiro atoms. The second kappa shape index (κ2) is 6.04. The van der Waals surface area contributed by atoms with Gasteiger partial charge < -0.3 is 10.1 Å². The minimum absolute atomic E-state index is 0.0310. The fourth-order valence-electron chi connectivity index (χ4n) is 3.28. The first-order valence-corrected chi connectivity index (χ1v) is 7.58. The number of halogens is 1. The Bertz CT molecular complexity index is 515. The van der Waals surface area contributed by atoms with Gasteiger partial charge in [-0.3, -0.25) is 0 Å². The zero-order valence-corrected chi connectivity index (χ0v) is 13.0. The molecule has 0 aromatic heterocycles. The predicted molar refractivity (Wildman–Crippen MR) is 81.6 cm³/mol. The van der Waals surface area contributed by atoms with E-state index in [0.717, 1.165) is 12.8 Å². The summed E-state index contributed by atoms with van der Waals surface area (Å²) in [5.41, 5.74) is -0.438. The van der Waals surface area contributed by atoms with Crippen LogP contribution in [0, 0.1) is 11.2 Å². The Balaban J connectivity index is 2.32. The van der Waals surface area contributed by atoms with Crippen molar-refractivity contribution in [1.82, 2.24) is 0 Å². The highest BCUT2D eigenvalue weighted by molar-refractivity contribution is 5.85. The minimum atomic E-state index is -0.833. The molecule has 0 radical (unpaired) electrons. The largest absolute Gasteiger partial charge is 0.464 e. The number of carbonyl (C=O) groups is 1. The lowest BCUT2D eigenvalue weighted by atomic mass is 9.68. The van der Waals surface area contributed by atoms with Crippen LogP contribution in [0.1, 0.15) is 46.5 Å². The summed E-state index contributed by atoms with van der Waals surface area (Å²) >= 11 is 0. The first kappa shape index (κ1) is 15.8. The molecule has 1 aliphatic carbocycles. The maximum absolute atomic E-state index is 13.9. The Labute approximate surface area is 125 Å². The van der Waals surface area contributed by atoms with Crippen LogP contribution in [-0.4, -0.2) is 18.1 Å². The summed E-state index contributed by atoms with van der Waals surface area (Å²) in [5, 5.41) is 3.15. The van der Waals surface area contributed by atoms with E-state index < -0.39 is 5.54 Å². The van der Waals surface area contributed by atoms with E-state index in [1.54, 1.807) is 25.1 Å². The van der Waals surface area contributed by atoms with Gasteiger partial charge in [-0.05, 0) is 50.2 Å². The van der Waals surface area contributed by atoms with E-state index in [9.17, 15) is 9.18 Å². The Hall–Kier alpha value is -1.58. The van der Waals surface area contributed by atoms with Gasteiger partial charge in [0.2, 0.25) is 0 Å². The van der Waals surface area contributed by atoms with Crippen molar-refractivity contribution in [3.63, 3.8) is 0 Å². The van der Waals surface area contributed by atoms with E-state index >= 15 is 0 Å². The van der Waals surface area contributed by atoms with Crippen molar-refractivity contribution in [3.05, 3.63) is 30.1 Å². The summed E-state index contributed by atoms with van der Waals surface area (Å²) in [6, 6.07) is 6.47. The van der Waals surface area contributed by atoms with E-state index in [2.05, 4.69) is 19.2 Å². The molecule has 0 saturated heterocycles. The van der Waals surface area contributed by atoms with Gasteiger partial charge in [0.05, 0.1) is 12.3 Å². The minimum Gasteiger partial charge on any atom is -0.464 e. The summed E-state index contributed by atoms with van der Waals surface area (Å²) in [6.45, 7) is 6.41. The Morgan fingerprint density at radius 1 is 1.33 bits per heavy atom. The van der Waals surface area contributed by atoms with Crippen LogP contribution >= 0.6 is 0 Å². The fraction of sp³-hybridized carbons (Fsp3) is 0.588. The number of carbonyl (C=O) groups excluding carboxylic acids is 1. The summed E-state index contributed by atoms with van der Waals surface area (Å²) in [6.07, 6.45) is 3.30. The highest BCUT2D eigenvalue weighted by Gasteiger charge is 2.47. The smallest absolute Gasteiger partial charge is 0.331 e. The van der Waals surface area contributed by atoms with Gasteiger partial charge in [-0.25, -0.2) is 9.18 Å². The van der Waals surface area contributed by atoms with Gasteiger partial charge in [-0.2, -0.15) is 0 Å². The molecule has 1 aromatic carbocycles. The Morgan fingerprint density at radius 3 is 2.67 bits per heavy atom. The van der Waals surface area contributed by atoms with Crippen LogP contribution in [0.25, 0.3) is 0 Å². The van der Waals surface area contributed by atoms with Crippen LogP contribution in [-0.2, 0) is 9.53 Å². The molecule has 4 heteroatoms. The molecule has 2 rings (SSSR count). The molecule has 1 saturated carbocycles. The maximum Gasteiger partial charge on any atom is 0.331 e. The topological polar surface area (TPSA) is 38.3 Å². The molecule has 3 nitrogen and oxygen atoms in total. The number of anilines is 1. The molecule has 0 bridgehead atoms. The van der Waals surface area contributed by atoms with Gasteiger partial charge in [0.1, 0.15) is 11.4 Å². The molecule has 116 valence electrons. The average molecular weight is 293 g/mol. The van der Waals surface area contributed by atoms with E-state index in [1.807, 2.05) is 0 Å². The molecule has 1 aliphatic rings. The molecule has 0 aliphatic heterocycles. The monoisotopic (exact) mass is 293 g/mol. The zero-order chi connectivity index (χ0) is 15.5. The van der Waals surface area contributed by atoms with Gasteiger partial charge in [0.25, 0.3) is 0 Å². The molecular weight excluding hydrogens is 269 g/mol. The van der Waals surface area contributed by atoms with Gasteiger partial charge in [-0.15, -0.1) is 0 Å². The van der Waals surface area contributed by atoms with Crippen LogP contribution in [0.3, 0.4) is 0 Å². The number of hydrogen-bond acceptors (Lipinski definition) is 3. The lowest BCUT2D eigenvalue weighted by Crippen LogP contribution is -2.52. The second-order valence-corrected chi connectivity index (χ2v) is 6.60.